The van der Waals surface area contributed by atoms with E-state index >= 15 is 0 Å². The van der Waals surface area contributed by atoms with Crippen LogP contribution in [0.3, 0.4) is 0 Å². The van der Waals surface area contributed by atoms with Crippen molar-refractivity contribution in [3.05, 3.63) is 77.5 Å². The SMILES string of the molecule is CSC(/C(=C/c1ccccc1)N1CCSCC1)C(C#N)(c1ccccc1)N1CCSCC1. The van der Waals surface area contributed by atoms with Gasteiger partial charge in [0.05, 0.1) is 11.3 Å². The van der Waals surface area contributed by atoms with E-state index in [2.05, 4.69) is 82.8 Å². The Balaban J connectivity index is 1.87. The molecule has 3 nitrogen and oxygen atoms in total. The number of hydrogen-bond acceptors (Lipinski definition) is 6. The smallest absolute Gasteiger partial charge is 0.152 e. The van der Waals surface area contributed by atoms with Crippen molar-refractivity contribution < 1.29 is 0 Å². The zero-order chi connectivity index (χ0) is 22.2. The molecule has 2 atom stereocenters. The third-order valence-electron chi connectivity index (χ3n) is 6.27. The molecule has 0 aliphatic carbocycles. The summed E-state index contributed by atoms with van der Waals surface area (Å²) in [6.45, 7) is 3.95. The van der Waals surface area contributed by atoms with Crippen LogP contribution in [0, 0.1) is 11.3 Å². The van der Waals surface area contributed by atoms with Gasteiger partial charge in [0.1, 0.15) is 0 Å². The third kappa shape index (κ3) is 5.02. The quantitative estimate of drug-likeness (QED) is 0.535. The standard InChI is InChI=1S/C26H31N3S3/c1-30-25(24(28-12-16-31-17-13-28)20-22-8-4-2-5-9-22)26(21-27,23-10-6-3-7-11-23)29-14-18-32-19-15-29/h2-11,20,25H,12-19H2,1H3/b24-20-. The first-order valence-corrected chi connectivity index (χ1v) is 14.8. The Bertz CT molecular complexity index is 916. The molecule has 2 fully saturated rings. The predicted molar refractivity (Wildman–Crippen MR) is 143 cm³/mol. The number of nitriles is 1. The van der Waals surface area contributed by atoms with Crippen LogP contribution >= 0.6 is 35.3 Å². The van der Waals surface area contributed by atoms with E-state index < -0.39 is 5.54 Å². The lowest BCUT2D eigenvalue weighted by molar-refractivity contribution is 0.146. The highest BCUT2D eigenvalue weighted by molar-refractivity contribution is 7.99. The lowest BCUT2D eigenvalue weighted by atomic mass is 9.83. The van der Waals surface area contributed by atoms with Gasteiger partial charge in [0.25, 0.3) is 0 Å². The van der Waals surface area contributed by atoms with Crippen LogP contribution in [0.4, 0.5) is 0 Å². The van der Waals surface area contributed by atoms with Crippen LogP contribution in [-0.2, 0) is 5.54 Å². The van der Waals surface area contributed by atoms with E-state index in [1.807, 2.05) is 41.4 Å². The van der Waals surface area contributed by atoms with E-state index in [1.165, 1.54) is 11.3 Å². The molecule has 0 aromatic heterocycles. The summed E-state index contributed by atoms with van der Waals surface area (Å²) in [4.78, 5) is 5.00. The Labute approximate surface area is 205 Å². The van der Waals surface area contributed by atoms with E-state index in [0.29, 0.717) is 0 Å². The molecule has 2 aliphatic rings. The van der Waals surface area contributed by atoms with Crippen molar-refractivity contribution in [1.82, 2.24) is 9.80 Å². The first-order valence-electron chi connectivity index (χ1n) is 11.2. The number of rotatable bonds is 7. The summed E-state index contributed by atoms with van der Waals surface area (Å²) in [5.74, 6) is 4.43. The van der Waals surface area contributed by atoms with Gasteiger partial charge in [0.15, 0.2) is 5.54 Å². The Morgan fingerprint density at radius 2 is 1.50 bits per heavy atom. The first kappa shape index (κ1) is 23.6. The average Bonchev–Trinajstić information content (AvgIpc) is 2.88. The van der Waals surface area contributed by atoms with E-state index in [-0.39, 0.29) is 5.25 Å². The molecule has 2 saturated heterocycles. The van der Waals surface area contributed by atoms with Gasteiger partial charge in [0, 0.05) is 54.9 Å². The van der Waals surface area contributed by atoms with Gasteiger partial charge in [-0.3, -0.25) is 4.90 Å². The average molecular weight is 482 g/mol. The van der Waals surface area contributed by atoms with Gasteiger partial charge < -0.3 is 4.90 Å². The van der Waals surface area contributed by atoms with Gasteiger partial charge >= 0.3 is 0 Å². The van der Waals surface area contributed by atoms with Crippen molar-refractivity contribution in [3.63, 3.8) is 0 Å². The van der Waals surface area contributed by atoms with Crippen LogP contribution in [0.1, 0.15) is 11.1 Å². The van der Waals surface area contributed by atoms with Crippen LogP contribution in [0.25, 0.3) is 6.08 Å². The second-order valence-electron chi connectivity index (χ2n) is 8.04. The predicted octanol–water partition coefficient (Wildman–Crippen LogP) is 5.28. The maximum atomic E-state index is 10.9. The zero-order valence-corrected chi connectivity index (χ0v) is 21.1. The number of nitrogens with zero attached hydrogens (tertiary/aromatic N) is 3. The normalized spacial score (nSPS) is 20.9. The molecule has 6 heteroatoms. The Morgan fingerprint density at radius 1 is 0.938 bits per heavy atom. The van der Waals surface area contributed by atoms with Gasteiger partial charge in [-0.25, -0.2) is 0 Å². The number of hydrogen-bond donors (Lipinski definition) is 0. The minimum atomic E-state index is -0.702. The largest absolute Gasteiger partial charge is 0.372 e. The molecule has 0 N–H and O–H groups in total. The molecule has 168 valence electrons. The second kappa shape index (κ2) is 11.6. The second-order valence-corrected chi connectivity index (χ2v) is 11.4. The molecule has 2 unspecified atom stereocenters. The Morgan fingerprint density at radius 3 is 2.06 bits per heavy atom. The van der Waals surface area contributed by atoms with Crippen molar-refractivity contribution in [3.8, 4) is 6.07 Å². The maximum Gasteiger partial charge on any atom is 0.152 e. The molecule has 0 bridgehead atoms. The van der Waals surface area contributed by atoms with Crippen molar-refractivity contribution >= 4 is 41.4 Å². The van der Waals surface area contributed by atoms with Gasteiger partial charge in [-0.1, -0.05) is 60.7 Å². The third-order valence-corrected chi connectivity index (χ3v) is 9.21. The van der Waals surface area contributed by atoms with Crippen molar-refractivity contribution in [2.75, 3.05) is 55.4 Å². The molecule has 4 rings (SSSR count). The summed E-state index contributed by atoms with van der Waals surface area (Å²) in [7, 11) is 0. The van der Waals surface area contributed by atoms with E-state index in [1.54, 1.807) is 0 Å². The summed E-state index contributed by atoms with van der Waals surface area (Å²) >= 11 is 5.84. The Hall–Kier alpha value is -1.52. The van der Waals surface area contributed by atoms with Crippen LogP contribution in [0.5, 0.6) is 0 Å². The van der Waals surface area contributed by atoms with E-state index in [0.717, 1.165) is 54.8 Å². The van der Waals surface area contributed by atoms with Crippen LogP contribution in [0.15, 0.2) is 66.4 Å². The summed E-state index contributed by atoms with van der Waals surface area (Å²) < 4.78 is 0. The number of benzene rings is 2. The molecular weight excluding hydrogens is 451 g/mol. The van der Waals surface area contributed by atoms with Crippen LogP contribution in [-0.4, -0.2) is 70.5 Å². The fourth-order valence-electron chi connectivity index (χ4n) is 4.68. The van der Waals surface area contributed by atoms with Gasteiger partial charge in [-0.05, 0) is 23.5 Å². The Kier molecular flexibility index (Phi) is 8.54. The molecule has 2 heterocycles. The highest BCUT2D eigenvalue weighted by atomic mass is 32.2. The molecule has 0 spiro atoms. The number of thioether (sulfide) groups is 3. The molecule has 2 aromatic rings. The molecular formula is C26H31N3S3. The van der Waals surface area contributed by atoms with Gasteiger partial charge in [-0.2, -0.15) is 40.5 Å². The summed E-state index contributed by atoms with van der Waals surface area (Å²) in [6, 6.07) is 24.0. The van der Waals surface area contributed by atoms with Gasteiger partial charge in [0.2, 0.25) is 0 Å². The van der Waals surface area contributed by atoms with Gasteiger partial charge in [-0.15, -0.1) is 0 Å². The molecule has 32 heavy (non-hydrogen) atoms. The molecule has 2 aromatic carbocycles. The van der Waals surface area contributed by atoms with Crippen molar-refractivity contribution in [1.29, 1.82) is 5.26 Å². The van der Waals surface area contributed by atoms with Crippen LogP contribution < -0.4 is 0 Å². The van der Waals surface area contributed by atoms with Crippen LogP contribution in [0.2, 0.25) is 0 Å². The monoisotopic (exact) mass is 481 g/mol. The van der Waals surface area contributed by atoms with E-state index in [9.17, 15) is 5.26 Å². The lowest BCUT2D eigenvalue weighted by Gasteiger charge is -2.48. The minimum Gasteiger partial charge on any atom is -0.372 e. The van der Waals surface area contributed by atoms with Crippen molar-refractivity contribution in [2.45, 2.75) is 10.8 Å². The highest BCUT2D eigenvalue weighted by Crippen LogP contribution is 2.44. The molecule has 0 saturated carbocycles. The highest BCUT2D eigenvalue weighted by Gasteiger charge is 2.49. The van der Waals surface area contributed by atoms with Crippen molar-refractivity contribution in [2.24, 2.45) is 0 Å². The van der Waals surface area contributed by atoms with E-state index in [4.69, 9.17) is 0 Å². The molecule has 0 amide bonds. The summed E-state index contributed by atoms with van der Waals surface area (Å²) in [5, 5.41) is 11.0. The fraction of sp³-hybridized carbons (Fsp3) is 0.423. The molecule has 0 radical (unpaired) electrons. The summed E-state index contributed by atoms with van der Waals surface area (Å²) in [5.41, 5.74) is 2.90. The topological polar surface area (TPSA) is 30.3 Å². The zero-order valence-electron chi connectivity index (χ0n) is 18.7. The fourth-order valence-corrected chi connectivity index (χ4v) is 7.63. The first-order chi connectivity index (χ1) is 15.8. The summed E-state index contributed by atoms with van der Waals surface area (Å²) in [6.07, 6.45) is 4.51. The maximum absolute atomic E-state index is 10.9. The lowest BCUT2D eigenvalue weighted by Crippen LogP contribution is -2.57. The minimum absolute atomic E-state index is 0.0151. The molecule has 2 aliphatic heterocycles.